The average molecular weight is 325 g/mol. The van der Waals surface area contributed by atoms with Crippen LogP contribution in [0.25, 0.3) is 0 Å². The SMILES string of the molecule is N#CCc1ccccc1NCc1cc(C(F)(F)F)ccc1Cl. The highest BCUT2D eigenvalue weighted by molar-refractivity contribution is 6.31. The highest BCUT2D eigenvalue weighted by Gasteiger charge is 2.30. The molecule has 0 saturated heterocycles. The van der Waals surface area contributed by atoms with Gasteiger partial charge in [0.25, 0.3) is 0 Å². The minimum Gasteiger partial charge on any atom is -0.381 e. The molecule has 0 fully saturated rings. The second-order valence-electron chi connectivity index (χ2n) is 4.65. The van der Waals surface area contributed by atoms with Crippen LogP contribution >= 0.6 is 11.6 Å². The van der Waals surface area contributed by atoms with E-state index in [1.54, 1.807) is 24.3 Å². The van der Waals surface area contributed by atoms with Crippen molar-refractivity contribution in [2.45, 2.75) is 19.1 Å². The van der Waals surface area contributed by atoms with Gasteiger partial charge in [-0.15, -0.1) is 0 Å². The molecule has 0 radical (unpaired) electrons. The quantitative estimate of drug-likeness (QED) is 0.855. The molecule has 0 aliphatic heterocycles. The van der Waals surface area contributed by atoms with E-state index in [1.165, 1.54) is 6.07 Å². The van der Waals surface area contributed by atoms with Gasteiger partial charge >= 0.3 is 6.18 Å². The van der Waals surface area contributed by atoms with Crippen LogP contribution in [0.15, 0.2) is 42.5 Å². The fraction of sp³-hybridized carbons (Fsp3) is 0.188. The third kappa shape index (κ3) is 3.92. The van der Waals surface area contributed by atoms with Crippen molar-refractivity contribution in [1.82, 2.24) is 0 Å². The monoisotopic (exact) mass is 324 g/mol. The Morgan fingerprint density at radius 1 is 1.09 bits per heavy atom. The Kier molecular flexibility index (Phi) is 4.94. The van der Waals surface area contributed by atoms with Gasteiger partial charge in [-0.3, -0.25) is 0 Å². The summed E-state index contributed by atoms with van der Waals surface area (Å²) < 4.78 is 38.2. The van der Waals surface area contributed by atoms with Gasteiger partial charge in [0.2, 0.25) is 0 Å². The van der Waals surface area contributed by atoms with Crippen molar-refractivity contribution in [1.29, 1.82) is 5.26 Å². The summed E-state index contributed by atoms with van der Waals surface area (Å²) in [4.78, 5) is 0. The van der Waals surface area contributed by atoms with Crippen LogP contribution in [0.4, 0.5) is 18.9 Å². The summed E-state index contributed by atoms with van der Waals surface area (Å²) in [6.45, 7) is 0.144. The lowest BCUT2D eigenvalue weighted by Crippen LogP contribution is -2.08. The van der Waals surface area contributed by atoms with Crippen molar-refractivity contribution in [2.75, 3.05) is 5.32 Å². The maximum Gasteiger partial charge on any atom is 0.416 e. The van der Waals surface area contributed by atoms with Gasteiger partial charge < -0.3 is 5.32 Å². The molecule has 0 aliphatic carbocycles. The van der Waals surface area contributed by atoms with Crippen LogP contribution in [-0.2, 0) is 19.1 Å². The zero-order valence-electron chi connectivity index (χ0n) is 11.4. The Morgan fingerprint density at radius 2 is 1.82 bits per heavy atom. The van der Waals surface area contributed by atoms with Crippen molar-refractivity contribution < 1.29 is 13.2 Å². The zero-order valence-corrected chi connectivity index (χ0v) is 12.2. The van der Waals surface area contributed by atoms with E-state index in [2.05, 4.69) is 5.32 Å². The fourth-order valence-corrected chi connectivity index (χ4v) is 2.19. The third-order valence-electron chi connectivity index (χ3n) is 3.13. The predicted octanol–water partition coefficient (Wildman–Crippen LogP) is 5.04. The van der Waals surface area contributed by atoms with Crippen LogP contribution in [0.2, 0.25) is 5.02 Å². The first-order valence-corrected chi connectivity index (χ1v) is 6.84. The van der Waals surface area contributed by atoms with E-state index in [4.69, 9.17) is 16.9 Å². The molecule has 2 aromatic carbocycles. The maximum atomic E-state index is 12.7. The summed E-state index contributed by atoms with van der Waals surface area (Å²) >= 11 is 5.95. The van der Waals surface area contributed by atoms with E-state index < -0.39 is 11.7 Å². The highest BCUT2D eigenvalue weighted by Crippen LogP contribution is 2.32. The Balaban J connectivity index is 2.20. The number of nitrogens with zero attached hydrogens (tertiary/aromatic N) is 1. The lowest BCUT2D eigenvalue weighted by atomic mass is 10.1. The highest BCUT2D eigenvalue weighted by atomic mass is 35.5. The molecule has 2 rings (SSSR count). The number of anilines is 1. The maximum absolute atomic E-state index is 12.7. The first kappa shape index (κ1) is 16.2. The first-order valence-electron chi connectivity index (χ1n) is 6.46. The molecular formula is C16H12ClF3N2. The van der Waals surface area contributed by atoms with Gasteiger partial charge in [0, 0.05) is 17.3 Å². The lowest BCUT2D eigenvalue weighted by Gasteiger charge is -2.13. The van der Waals surface area contributed by atoms with E-state index in [0.29, 0.717) is 11.3 Å². The van der Waals surface area contributed by atoms with Crippen molar-refractivity contribution in [2.24, 2.45) is 0 Å². The van der Waals surface area contributed by atoms with Gasteiger partial charge in [-0.1, -0.05) is 29.8 Å². The summed E-state index contributed by atoms with van der Waals surface area (Å²) in [6, 6.07) is 12.4. The van der Waals surface area contributed by atoms with Crippen LogP contribution in [0.1, 0.15) is 16.7 Å². The molecule has 0 unspecified atom stereocenters. The van der Waals surface area contributed by atoms with Crippen molar-refractivity contribution in [3.05, 3.63) is 64.2 Å². The second-order valence-corrected chi connectivity index (χ2v) is 5.06. The van der Waals surface area contributed by atoms with Gasteiger partial charge in [0.15, 0.2) is 0 Å². The number of nitriles is 1. The smallest absolute Gasteiger partial charge is 0.381 e. The first-order chi connectivity index (χ1) is 10.4. The topological polar surface area (TPSA) is 35.8 Å². The van der Waals surface area contributed by atoms with Crippen LogP contribution in [0.3, 0.4) is 0 Å². The molecule has 0 bridgehead atoms. The van der Waals surface area contributed by atoms with Gasteiger partial charge in [-0.05, 0) is 35.4 Å². The second kappa shape index (κ2) is 6.71. The van der Waals surface area contributed by atoms with Gasteiger partial charge in [-0.25, -0.2) is 0 Å². The normalized spacial score (nSPS) is 11.0. The minimum absolute atomic E-state index is 0.144. The molecule has 2 aromatic rings. The predicted molar refractivity (Wildman–Crippen MR) is 79.5 cm³/mol. The standard InChI is InChI=1S/C16H12ClF3N2/c17-14-6-5-13(16(18,19)20)9-12(14)10-22-15-4-2-1-3-11(15)7-8-21/h1-6,9,22H,7,10H2. The molecule has 0 aliphatic rings. The minimum atomic E-state index is -4.40. The van der Waals surface area contributed by atoms with E-state index in [-0.39, 0.29) is 18.0 Å². The number of para-hydroxylation sites is 1. The Hall–Kier alpha value is -2.19. The van der Waals surface area contributed by atoms with Gasteiger partial charge in [-0.2, -0.15) is 18.4 Å². The third-order valence-corrected chi connectivity index (χ3v) is 3.50. The molecule has 0 saturated carbocycles. The summed E-state index contributed by atoms with van der Waals surface area (Å²) in [5, 5.41) is 12.1. The van der Waals surface area contributed by atoms with Gasteiger partial charge in [0.05, 0.1) is 18.1 Å². The molecule has 0 amide bonds. The van der Waals surface area contributed by atoms with E-state index in [1.807, 2.05) is 6.07 Å². The lowest BCUT2D eigenvalue weighted by molar-refractivity contribution is -0.137. The van der Waals surface area contributed by atoms with Crippen molar-refractivity contribution in [3.63, 3.8) is 0 Å². The number of nitrogens with one attached hydrogen (secondary N) is 1. The summed E-state index contributed by atoms with van der Waals surface area (Å²) in [5.74, 6) is 0. The number of hydrogen-bond donors (Lipinski definition) is 1. The van der Waals surface area contributed by atoms with Gasteiger partial charge in [0.1, 0.15) is 0 Å². The molecule has 0 atom stereocenters. The van der Waals surface area contributed by atoms with E-state index in [0.717, 1.165) is 17.7 Å². The largest absolute Gasteiger partial charge is 0.416 e. The number of benzene rings is 2. The zero-order chi connectivity index (χ0) is 16.2. The Bertz CT molecular complexity index is 705. The molecule has 2 nitrogen and oxygen atoms in total. The van der Waals surface area contributed by atoms with E-state index in [9.17, 15) is 13.2 Å². The van der Waals surface area contributed by atoms with Crippen LogP contribution < -0.4 is 5.32 Å². The molecule has 1 N–H and O–H groups in total. The molecule has 22 heavy (non-hydrogen) atoms. The molecular weight excluding hydrogens is 313 g/mol. The Morgan fingerprint density at radius 3 is 2.50 bits per heavy atom. The van der Waals surface area contributed by atoms with Crippen LogP contribution in [-0.4, -0.2) is 0 Å². The van der Waals surface area contributed by atoms with Crippen molar-refractivity contribution in [3.8, 4) is 6.07 Å². The summed E-state index contributed by atoms with van der Waals surface area (Å²) in [7, 11) is 0. The summed E-state index contributed by atoms with van der Waals surface area (Å²) in [5.41, 5.74) is 1.10. The Labute approximate surface area is 131 Å². The van der Waals surface area contributed by atoms with Crippen LogP contribution in [0, 0.1) is 11.3 Å². The number of halogens is 4. The molecule has 6 heteroatoms. The fourth-order valence-electron chi connectivity index (χ4n) is 2.01. The molecule has 114 valence electrons. The molecule has 0 heterocycles. The summed E-state index contributed by atoms with van der Waals surface area (Å²) in [6.07, 6.45) is -4.18. The molecule has 0 aromatic heterocycles. The van der Waals surface area contributed by atoms with Crippen molar-refractivity contribution >= 4 is 17.3 Å². The molecule has 0 spiro atoms. The number of alkyl halides is 3. The van der Waals surface area contributed by atoms with E-state index >= 15 is 0 Å². The average Bonchev–Trinajstić information content (AvgIpc) is 2.47. The number of rotatable bonds is 4. The number of hydrogen-bond acceptors (Lipinski definition) is 2. The van der Waals surface area contributed by atoms with Crippen LogP contribution in [0.5, 0.6) is 0 Å².